The Labute approximate surface area is 377 Å². The lowest BCUT2D eigenvalue weighted by Gasteiger charge is -2.12. The Hall–Kier alpha value is -6.21. The van der Waals surface area contributed by atoms with Crippen LogP contribution in [-0.2, 0) is 0 Å². The van der Waals surface area contributed by atoms with Crippen molar-refractivity contribution in [1.82, 2.24) is 19.9 Å². The zero-order valence-corrected chi connectivity index (χ0v) is 36.0. The highest BCUT2D eigenvalue weighted by Crippen LogP contribution is 2.32. The van der Waals surface area contributed by atoms with Crippen LogP contribution >= 0.6 is 58.0 Å². The van der Waals surface area contributed by atoms with E-state index in [2.05, 4.69) is 43.0 Å². The maximum atomic E-state index is 8.88. The third-order valence-electron chi connectivity index (χ3n) is 8.75. The minimum Gasteiger partial charge on any atom is -0.384 e. The predicted octanol–water partition coefficient (Wildman–Crippen LogP) is 12.2. The topological polar surface area (TPSA) is 161 Å². The van der Waals surface area contributed by atoms with E-state index in [9.17, 15) is 0 Å². The van der Waals surface area contributed by atoms with Crippen molar-refractivity contribution in [3.8, 4) is 34.9 Å². The molecule has 5 N–H and O–H groups in total. The second-order valence-electron chi connectivity index (χ2n) is 13.0. The molecular weight excluding hydrogens is 870 g/mol. The van der Waals surface area contributed by atoms with Gasteiger partial charge in [-0.3, -0.25) is 0 Å². The number of hydrogen-bond donors (Lipinski definition) is 4. The molecule has 0 unspecified atom stereocenters. The van der Waals surface area contributed by atoms with Crippen LogP contribution in [0.2, 0.25) is 25.2 Å². The number of nitrogens with two attached hydrogens (primary N) is 1. The van der Waals surface area contributed by atoms with Crippen molar-refractivity contribution < 1.29 is 0 Å². The Morgan fingerprint density at radius 2 is 0.951 bits per heavy atom. The number of rotatable bonds is 10. The molecule has 0 radical (unpaired) electrons. The molecule has 0 aliphatic heterocycles. The Kier molecular flexibility index (Phi) is 15.9. The molecular formula is C46H35Cl5N10. The van der Waals surface area contributed by atoms with E-state index in [0.717, 1.165) is 51.1 Å². The molecule has 0 saturated heterocycles. The van der Waals surface area contributed by atoms with Crippen molar-refractivity contribution in [1.29, 1.82) is 10.5 Å². The molecule has 0 spiro atoms. The van der Waals surface area contributed by atoms with Crippen LogP contribution in [0.15, 0.2) is 133 Å². The first-order valence-electron chi connectivity index (χ1n) is 18.7. The average Bonchev–Trinajstić information content (AvgIpc) is 3.28. The SMILES string of the molecule is Clc1ccc(-c2nc(Cl)c3ccccc3n2)c(Cl)c1.N#Cc1ccc(NCCN)cc1.N#Cc1ccc(NCCNc2nc(-c3ccc(Cl)cc3Cl)nc3ccccc23)cc1. The molecule has 8 rings (SSSR count). The van der Waals surface area contributed by atoms with Crippen molar-refractivity contribution in [2.45, 2.75) is 0 Å². The fourth-order valence-corrected chi connectivity index (χ4v) is 6.99. The summed E-state index contributed by atoms with van der Waals surface area (Å²) in [5, 5.41) is 31.5. The molecule has 10 nitrogen and oxygen atoms in total. The highest BCUT2D eigenvalue weighted by atomic mass is 35.5. The Morgan fingerprint density at radius 1 is 0.492 bits per heavy atom. The van der Waals surface area contributed by atoms with Crippen molar-refractivity contribution in [3.63, 3.8) is 0 Å². The molecule has 15 heteroatoms. The first-order valence-corrected chi connectivity index (χ1v) is 20.6. The number of hydrogen-bond acceptors (Lipinski definition) is 10. The van der Waals surface area contributed by atoms with E-state index >= 15 is 0 Å². The quantitative estimate of drug-likeness (QED) is 0.0768. The van der Waals surface area contributed by atoms with Crippen molar-refractivity contribution in [2.24, 2.45) is 5.73 Å². The Morgan fingerprint density at radius 3 is 1.46 bits per heavy atom. The molecule has 6 aromatic carbocycles. The van der Waals surface area contributed by atoms with Gasteiger partial charge >= 0.3 is 0 Å². The minimum absolute atomic E-state index is 0.409. The van der Waals surface area contributed by atoms with Crippen molar-refractivity contribution >= 4 is 97.0 Å². The van der Waals surface area contributed by atoms with Gasteiger partial charge in [0.05, 0.1) is 44.3 Å². The maximum absolute atomic E-state index is 8.88. The number of nitrogens with zero attached hydrogens (tertiary/aromatic N) is 6. The highest BCUT2D eigenvalue weighted by molar-refractivity contribution is 6.37. The van der Waals surface area contributed by atoms with Crippen LogP contribution in [0, 0.1) is 22.7 Å². The van der Waals surface area contributed by atoms with Gasteiger partial charge in [0.15, 0.2) is 11.6 Å². The predicted molar refractivity (Wildman–Crippen MR) is 252 cm³/mol. The summed E-state index contributed by atoms with van der Waals surface area (Å²) in [5.74, 6) is 1.77. The van der Waals surface area contributed by atoms with Gasteiger partial charge in [-0.1, -0.05) is 82.3 Å². The fraction of sp³-hybridized carbons (Fsp3) is 0.0870. The fourth-order valence-electron chi connectivity index (χ4n) is 5.76. The molecule has 8 aromatic rings. The third kappa shape index (κ3) is 12.2. The van der Waals surface area contributed by atoms with Gasteiger partial charge in [-0.2, -0.15) is 10.5 Å². The number of nitriles is 2. The van der Waals surface area contributed by atoms with Gasteiger partial charge in [-0.15, -0.1) is 0 Å². The summed E-state index contributed by atoms with van der Waals surface area (Å²) in [6, 6.07) is 44.7. The molecule has 0 aliphatic rings. The molecule has 304 valence electrons. The van der Waals surface area contributed by atoms with E-state index in [1.165, 1.54) is 0 Å². The second kappa shape index (κ2) is 21.9. The van der Waals surface area contributed by atoms with Gasteiger partial charge in [0.2, 0.25) is 0 Å². The molecule has 0 saturated carbocycles. The van der Waals surface area contributed by atoms with Crippen LogP contribution < -0.4 is 21.7 Å². The largest absolute Gasteiger partial charge is 0.384 e. The number of fused-ring (bicyclic) bond motifs is 2. The normalized spacial score (nSPS) is 10.4. The van der Waals surface area contributed by atoms with Gasteiger partial charge in [0.1, 0.15) is 11.0 Å². The minimum atomic E-state index is 0.409. The van der Waals surface area contributed by atoms with Gasteiger partial charge in [-0.05, 0) is 109 Å². The van der Waals surface area contributed by atoms with Crippen LogP contribution in [0.5, 0.6) is 0 Å². The summed E-state index contributed by atoms with van der Waals surface area (Å²) in [7, 11) is 0. The van der Waals surface area contributed by atoms with Gasteiger partial charge in [-0.25, -0.2) is 19.9 Å². The summed E-state index contributed by atoms with van der Waals surface area (Å²) in [4.78, 5) is 18.1. The maximum Gasteiger partial charge on any atom is 0.163 e. The van der Waals surface area contributed by atoms with Crippen LogP contribution in [-0.4, -0.2) is 46.1 Å². The Balaban J connectivity index is 0.000000171. The molecule has 0 bridgehead atoms. The standard InChI is InChI=1S/C23H17Cl2N5.C14H7Cl3N2.C9H11N3/c24-16-7-10-18(20(25)13-16)23-29-21-4-2-1-3-19(21)22(30-23)28-12-11-27-17-8-5-15(14-26)6-9-17;15-8-5-6-9(11(16)7-8)14-18-12-4-2-1-3-10(12)13(17)19-14;10-5-6-12-9-3-1-8(7-11)2-4-9/h1-10,13,27H,11-12H2,(H,28,29,30);1-7H;1-4,12H,5-6,10H2. The molecule has 0 amide bonds. The lowest BCUT2D eigenvalue weighted by atomic mass is 10.2. The molecule has 2 aromatic heterocycles. The second-order valence-corrected chi connectivity index (χ2v) is 15.0. The van der Waals surface area contributed by atoms with Gasteiger partial charge < -0.3 is 21.7 Å². The molecule has 0 fully saturated rings. The molecule has 0 aliphatic carbocycles. The van der Waals surface area contributed by atoms with Crippen LogP contribution in [0.3, 0.4) is 0 Å². The highest BCUT2D eigenvalue weighted by Gasteiger charge is 2.13. The summed E-state index contributed by atoms with van der Waals surface area (Å²) in [5.41, 5.74) is 11.6. The summed E-state index contributed by atoms with van der Waals surface area (Å²) >= 11 is 30.6. The molecule has 61 heavy (non-hydrogen) atoms. The van der Waals surface area contributed by atoms with Gasteiger partial charge in [0, 0.05) is 69.5 Å². The van der Waals surface area contributed by atoms with Crippen molar-refractivity contribution in [2.75, 3.05) is 42.1 Å². The zero-order chi connectivity index (χ0) is 43.1. The van der Waals surface area contributed by atoms with E-state index in [1.54, 1.807) is 54.6 Å². The number of benzene rings is 6. The van der Waals surface area contributed by atoms with E-state index in [-0.39, 0.29) is 0 Å². The molecule has 0 atom stereocenters. The molecule has 2 heterocycles. The number of anilines is 3. The first kappa shape index (κ1) is 44.3. The Bertz CT molecular complexity index is 2840. The zero-order valence-electron chi connectivity index (χ0n) is 32.2. The lowest BCUT2D eigenvalue weighted by Crippen LogP contribution is -2.15. The monoisotopic (exact) mass is 902 g/mol. The smallest absolute Gasteiger partial charge is 0.163 e. The van der Waals surface area contributed by atoms with E-state index in [4.69, 9.17) is 79.2 Å². The summed E-state index contributed by atoms with van der Waals surface area (Å²) in [6.07, 6.45) is 0. The number of halogens is 5. The van der Waals surface area contributed by atoms with Crippen molar-refractivity contribution in [3.05, 3.63) is 170 Å². The van der Waals surface area contributed by atoms with E-state index < -0.39 is 0 Å². The first-order chi connectivity index (χ1) is 29.6. The van der Waals surface area contributed by atoms with Crippen LogP contribution in [0.25, 0.3) is 44.6 Å². The number of para-hydroxylation sites is 2. The van der Waals surface area contributed by atoms with Crippen LogP contribution in [0.1, 0.15) is 11.1 Å². The number of aromatic nitrogens is 4. The van der Waals surface area contributed by atoms with Gasteiger partial charge in [0.25, 0.3) is 0 Å². The number of nitrogens with one attached hydrogen (secondary N) is 3. The van der Waals surface area contributed by atoms with E-state index in [1.807, 2.05) is 78.9 Å². The summed E-state index contributed by atoms with van der Waals surface area (Å²) < 4.78 is 0. The summed E-state index contributed by atoms with van der Waals surface area (Å²) in [6.45, 7) is 2.70. The lowest BCUT2D eigenvalue weighted by molar-refractivity contribution is 1.02. The average molecular weight is 905 g/mol. The van der Waals surface area contributed by atoms with E-state index in [0.29, 0.717) is 73.2 Å². The third-order valence-corrected chi connectivity index (χ3v) is 10.1. The van der Waals surface area contributed by atoms with Crippen LogP contribution in [0.4, 0.5) is 17.2 Å².